The number of amides is 1. The second kappa shape index (κ2) is 7.82. The minimum absolute atomic E-state index is 0.0740. The minimum Gasteiger partial charge on any atom is -0.336 e. The second-order valence-electron chi connectivity index (χ2n) is 6.06. The number of carbonyl (C=O) groups excluding carboxylic acids is 1. The van der Waals surface area contributed by atoms with Gasteiger partial charge in [0.1, 0.15) is 0 Å². The Morgan fingerprint density at radius 3 is 2.38 bits per heavy atom. The van der Waals surface area contributed by atoms with Gasteiger partial charge in [0.25, 0.3) is 5.91 Å². The van der Waals surface area contributed by atoms with Gasteiger partial charge in [-0.1, -0.05) is 18.5 Å². The number of carbonyl (C=O) groups is 1. The predicted molar refractivity (Wildman–Crippen MR) is 95.0 cm³/mol. The molecule has 0 aliphatic carbocycles. The third-order valence-corrected chi connectivity index (χ3v) is 6.29. The molecular weight excluding hydrogens is 350 g/mol. The molecule has 8 heteroatoms. The smallest absolute Gasteiger partial charge is 0.255 e. The van der Waals surface area contributed by atoms with Crippen LogP contribution in [0.1, 0.15) is 23.7 Å². The number of hydrogen-bond acceptors (Lipinski definition) is 4. The first kappa shape index (κ1) is 19.2. The first-order chi connectivity index (χ1) is 11.3. The van der Waals surface area contributed by atoms with Gasteiger partial charge in [0.15, 0.2) is 0 Å². The quantitative estimate of drug-likeness (QED) is 0.789. The molecule has 0 aromatic heterocycles. The van der Waals surface area contributed by atoms with Crippen molar-refractivity contribution in [2.75, 3.05) is 46.8 Å². The van der Waals surface area contributed by atoms with Crippen LogP contribution >= 0.6 is 11.6 Å². The molecule has 1 aliphatic rings. The molecule has 1 aromatic carbocycles. The van der Waals surface area contributed by atoms with Crippen LogP contribution in [0.5, 0.6) is 0 Å². The van der Waals surface area contributed by atoms with E-state index in [1.54, 1.807) is 4.90 Å². The molecule has 1 saturated heterocycles. The Bertz CT molecular complexity index is 699. The van der Waals surface area contributed by atoms with E-state index in [-0.39, 0.29) is 21.4 Å². The largest absolute Gasteiger partial charge is 0.336 e. The molecule has 0 N–H and O–H groups in total. The standard InChI is InChI=1S/C16H24ClN3O3S/c1-4-7-19-8-10-20(11-9-19)16(21)14-12-13(5-6-15(14)17)24(22,23)18(2)3/h5-6,12H,4,7-11H2,1-3H3. The first-order valence-corrected chi connectivity index (χ1v) is 9.83. The van der Waals surface area contributed by atoms with Gasteiger partial charge in [0.2, 0.25) is 10.0 Å². The van der Waals surface area contributed by atoms with Crippen LogP contribution in [-0.4, -0.2) is 75.2 Å². The maximum absolute atomic E-state index is 12.7. The maximum atomic E-state index is 12.7. The zero-order valence-corrected chi connectivity index (χ0v) is 15.9. The maximum Gasteiger partial charge on any atom is 0.255 e. The topological polar surface area (TPSA) is 60.9 Å². The normalized spacial score (nSPS) is 16.6. The molecule has 134 valence electrons. The average Bonchev–Trinajstić information content (AvgIpc) is 2.55. The van der Waals surface area contributed by atoms with Gasteiger partial charge in [-0.2, -0.15) is 0 Å². The number of hydrogen-bond donors (Lipinski definition) is 0. The van der Waals surface area contributed by atoms with E-state index in [2.05, 4.69) is 11.8 Å². The fourth-order valence-corrected chi connectivity index (χ4v) is 3.83. The summed E-state index contributed by atoms with van der Waals surface area (Å²) in [5, 5.41) is 0.272. The zero-order chi connectivity index (χ0) is 17.9. The molecule has 0 atom stereocenters. The highest BCUT2D eigenvalue weighted by Crippen LogP contribution is 2.24. The van der Waals surface area contributed by atoms with E-state index >= 15 is 0 Å². The van der Waals surface area contributed by atoms with Crippen molar-refractivity contribution in [2.45, 2.75) is 18.2 Å². The van der Waals surface area contributed by atoms with Gasteiger partial charge >= 0.3 is 0 Å². The van der Waals surface area contributed by atoms with Crippen LogP contribution in [0.2, 0.25) is 5.02 Å². The van der Waals surface area contributed by atoms with Gasteiger partial charge in [-0.15, -0.1) is 0 Å². The highest BCUT2D eigenvalue weighted by Gasteiger charge is 2.25. The summed E-state index contributed by atoms with van der Waals surface area (Å²) in [4.78, 5) is 16.9. The fraction of sp³-hybridized carbons (Fsp3) is 0.562. The van der Waals surface area contributed by atoms with Crippen molar-refractivity contribution in [3.63, 3.8) is 0 Å². The summed E-state index contributed by atoms with van der Waals surface area (Å²) in [5.74, 6) is -0.216. The Morgan fingerprint density at radius 1 is 1.21 bits per heavy atom. The Kier molecular flexibility index (Phi) is 6.25. The highest BCUT2D eigenvalue weighted by atomic mass is 35.5. The molecule has 1 fully saturated rings. The summed E-state index contributed by atoms with van der Waals surface area (Å²) < 4.78 is 25.6. The molecular formula is C16H24ClN3O3S. The molecule has 24 heavy (non-hydrogen) atoms. The molecule has 1 aromatic rings. The van der Waals surface area contributed by atoms with Crippen molar-refractivity contribution in [3.05, 3.63) is 28.8 Å². The first-order valence-electron chi connectivity index (χ1n) is 8.01. The Morgan fingerprint density at radius 2 is 1.83 bits per heavy atom. The molecule has 6 nitrogen and oxygen atoms in total. The van der Waals surface area contributed by atoms with E-state index in [1.807, 2.05) is 0 Å². The van der Waals surface area contributed by atoms with Gasteiger partial charge < -0.3 is 4.90 Å². The monoisotopic (exact) mass is 373 g/mol. The number of rotatable bonds is 5. The second-order valence-corrected chi connectivity index (χ2v) is 8.62. The Hall–Kier alpha value is -1.15. The van der Waals surface area contributed by atoms with Crippen LogP contribution in [0.3, 0.4) is 0 Å². The Balaban J connectivity index is 2.21. The van der Waals surface area contributed by atoms with Crippen molar-refractivity contribution in [1.29, 1.82) is 0 Å². The van der Waals surface area contributed by atoms with Gasteiger partial charge in [-0.25, -0.2) is 12.7 Å². The molecule has 1 amide bonds. The Labute approximate surface area is 149 Å². The lowest BCUT2D eigenvalue weighted by Gasteiger charge is -2.34. The van der Waals surface area contributed by atoms with E-state index in [4.69, 9.17) is 11.6 Å². The van der Waals surface area contributed by atoms with Crippen molar-refractivity contribution in [2.24, 2.45) is 0 Å². The van der Waals surface area contributed by atoms with Crippen molar-refractivity contribution in [1.82, 2.24) is 14.1 Å². The van der Waals surface area contributed by atoms with Crippen molar-refractivity contribution >= 4 is 27.5 Å². The van der Waals surface area contributed by atoms with E-state index in [9.17, 15) is 13.2 Å². The lowest BCUT2D eigenvalue weighted by Crippen LogP contribution is -2.48. The van der Waals surface area contributed by atoms with Crippen molar-refractivity contribution in [3.8, 4) is 0 Å². The summed E-state index contributed by atoms with van der Waals surface area (Å²) in [6, 6.07) is 4.27. The number of piperazine rings is 1. The number of benzene rings is 1. The fourth-order valence-electron chi connectivity index (χ4n) is 2.70. The van der Waals surface area contributed by atoms with E-state index in [0.29, 0.717) is 13.1 Å². The lowest BCUT2D eigenvalue weighted by molar-refractivity contribution is 0.0637. The van der Waals surface area contributed by atoms with Crippen LogP contribution in [0.15, 0.2) is 23.1 Å². The van der Waals surface area contributed by atoms with E-state index < -0.39 is 10.0 Å². The van der Waals surface area contributed by atoms with E-state index in [0.717, 1.165) is 30.4 Å². The third-order valence-electron chi connectivity index (χ3n) is 4.15. The summed E-state index contributed by atoms with van der Waals surface area (Å²) in [6.45, 7) is 6.06. The summed E-state index contributed by atoms with van der Waals surface area (Å²) in [6.07, 6.45) is 1.09. The van der Waals surface area contributed by atoms with Crippen LogP contribution in [0.25, 0.3) is 0 Å². The van der Waals surface area contributed by atoms with Gasteiger partial charge in [-0.05, 0) is 31.2 Å². The molecule has 0 saturated carbocycles. The molecule has 0 unspecified atom stereocenters. The van der Waals surface area contributed by atoms with Crippen LogP contribution in [0, 0.1) is 0 Å². The molecule has 1 heterocycles. The zero-order valence-electron chi connectivity index (χ0n) is 14.3. The van der Waals surface area contributed by atoms with Crippen LogP contribution in [-0.2, 0) is 10.0 Å². The van der Waals surface area contributed by atoms with Crippen LogP contribution in [0.4, 0.5) is 0 Å². The number of sulfonamides is 1. The molecule has 0 spiro atoms. The van der Waals surface area contributed by atoms with Gasteiger partial charge in [-0.3, -0.25) is 9.69 Å². The predicted octanol–water partition coefficient (Wildman–Crippen LogP) is 1.76. The lowest BCUT2D eigenvalue weighted by atomic mass is 10.1. The summed E-state index contributed by atoms with van der Waals surface area (Å²) in [7, 11) is -0.687. The van der Waals surface area contributed by atoms with Gasteiger partial charge in [0, 0.05) is 40.3 Å². The molecule has 1 aliphatic heterocycles. The number of halogens is 1. The minimum atomic E-state index is -3.60. The molecule has 0 bridgehead atoms. The SMILES string of the molecule is CCCN1CCN(C(=O)c2cc(S(=O)(=O)N(C)C)ccc2Cl)CC1. The van der Waals surface area contributed by atoms with Crippen molar-refractivity contribution < 1.29 is 13.2 Å². The van der Waals surface area contributed by atoms with Crippen LogP contribution < -0.4 is 0 Å². The number of nitrogens with zero attached hydrogens (tertiary/aromatic N) is 3. The third kappa shape index (κ3) is 4.08. The van der Waals surface area contributed by atoms with Gasteiger partial charge in [0.05, 0.1) is 15.5 Å². The molecule has 2 rings (SSSR count). The average molecular weight is 374 g/mol. The highest BCUT2D eigenvalue weighted by molar-refractivity contribution is 7.89. The van der Waals surface area contributed by atoms with E-state index in [1.165, 1.54) is 32.3 Å². The molecule has 0 radical (unpaired) electrons. The summed E-state index contributed by atoms with van der Waals surface area (Å²) in [5.41, 5.74) is 0.239. The summed E-state index contributed by atoms with van der Waals surface area (Å²) >= 11 is 6.15.